The van der Waals surface area contributed by atoms with E-state index in [1.54, 1.807) is 21.1 Å². The highest BCUT2D eigenvalue weighted by molar-refractivity contribution is 5.41. The molecule has 1 unspecified atom stereocenters. The molecule has 1 aromatic rings. The molecule has 17 heavy (non-hydrogen) atoms. The number of aliphatic hydroxyl groups is 1. The molecular formula is C13H21NO3. The molecule has 96 valence electrons. The first kappa shape index (κ1) is 13.8. The van der Waals surface area contributed by atoms with Crippen LogP contribution in [0.25, 0.3) is 0 Å². The van der Waals surface area contributed by atoms with Gasteiger partial charge in [-0.1, -0.05) is 6.07 Å². The quantitative estimate of drug-likeness (QED) is 0.783. The predicted octanol–water partition coefficient (Wildman–Crippen LogP) is 1.22. The fourth-order valence-corrected chi connectivity index (χ4v) is 1.85. The molecule has 0 bridgehead atoms. The number of ether oxygens (including phenoxy) is 2. The van der Waals surface area contributed by atoms with E-state index >= 15 is 0 Å². The van der Waals surface area contributed by atoms with Gasteiger partial charge in [0.15, 0.2) is 0 Å². The van der Waals surface area contributed by atoms with Gasteiger partial charge in [0.25, 0.3) is 0 Å². The number of hydrogen-bond donors (Lipinski definition) is 2. The number of hydrogen-bond acceptors (Lipinski definition) is 4. The Morgan fingerprint density at radius 2 is 2.00 bits per heavy atom. The zero-order valence-electron chi connectivity index (χ0n) is 10.9. The summed E-state index contributed by atoms with van der Waals surface area (Å²) in [5, 5.41) is 13.1. The van der Waals surface area contributed by atoms with Crippen LogP contribution in [0.4, 0.5) is 0 Å². The van der Waals surface area contributed by atoms with Crippen LogP contribution in [0, 0.1) is 0 Å². The van der Waals surface area contributed by atoms with Crippen molar-refractivity contribution in [1.82, 2.24) is 5.32 Å². The summed E-state index contributed by atoms with van der Waals surface area (Å²) in [4.78, 5) is 0. The number of methoxy groups -OCH3 is 2. The monoisotopic (exact) mass is 239 g/mol. The lowest BCUT2D eigenvalue weighted by Gasteiger charge is -2.24. The Balaban J connectivity index is 2.90. The van der Waals surface area contributed by atoms with Crippen LogP contribution in [-0.2, 0) is 6.42 Å². The van der Waals surface area contributed by atoms with Crippen molar-refractivity contribution in [2.24, 2.45) is 0 Å². The molecule has 2 N–H and O–H groups in total. The maximum Gasteiger partial charge on any atom is 0.125 e. The van der Waals surface area contributed by atoms with Crippen molar-refractivity contribution in [1.29, 1.82) is 0 Å². The predicted molar refractivity (Wildman–Crippen MR) is 67.8 cm³/mol. The molecule has 0 aromatic heterocycles. The second-order valence-corrected chi connectivity index (χ2v) is 4.38. The van der Waals surface area contributed by atoms with Gasteiger partial charge in [-0.05, 0) is 25.6 Å². The molecule has 0 fully saturated rings. The molecule has 0 aliphatic carbocycles. The van der Waals surface area contributed by atoms with Crippen LogP contribution in [0.2, 0.25) is 0 Å². The number of nitrogens with one attached hydrogen (secondary N) is 1. The fourth-order valence-electron chi connectivity index (χ4n) is 1.85. The van der Waals surface area contributed by atoms with Crippen molar-refractivity contribution in [2.75, 3.05) is 27.8 Å². The van der Waals surface area contributed by atoms with E-state index in [0.29, 0.717) is 13.0 Å². The third-order valence-corrected chi connectivity index (χ3v) is 2.62. The van der Waals surface area contributed by atoms with E-state index in [9.17, 15) is 5.11 Å². The highest BCUT2D eigenvalue weighted by atomic mass is 16.5. The lowest BCUT2D eigenvalue weighted by molar-refractivity contribution is 0.0616. The van der Waals surface area contributed by atoms with E-state index in [1.807, 2.05) is 25.2 Å². The highest BCUT2D eigenvalue weighted by Crippen LogP contribution is 2.27. The summed E-state index contributed by atoms with van der Waals surface area (Å²) in [7, 11) is 5.05. The van der Waals surface area contributed by atoms with Gasteiger partial charge in [0.1, 0.15) is 11.5 Å². The van der Waals surface area contributed by atoms with Crippen LogP contribution in [0.5, 0.6) is 11.5 Å². The van der Waals surface area contributed by atoms with Crippen LogP contribution in [-0.4, -0.2) is 38.5 Å². The van der Waals surface area contributed by atoms with Gasteiger partial charge in [-0.2, -0.15) is 0 Å². The average molecular weight is 239 g/mol. The Labute approximate surface area is 103 Å². The Morgan fingerprint density at radius 1 is 1.29 bits per heavy atom. The first-order chi connectivity index (χ1) is 8.02. The Hall–Kier alpha value is -1.26. The van der Waals surface area contributed by atoms with Gasteiger partial charge in [0, 0.05) is 19.0 Å². The number of rotatable bonds is 6. The molecule has 0 saturated heterocycles. The zero-order chi connectivity index (χ0) is 12.9. The van der Waals surface area contributed by atoms with Gasteiger partial charge < -0.3 is 19.9 Å². The Bertz CT molecular complexity index is 364. The molecule has 0 aliphatic rings. The molecule has 4 heteroatoms. The highest BCUT2D eigenvalue weighted by Gasteiger charge is 2.22. The number of benzene rings is 1. The summed E-state index contributed by atoms with van der Waals surface area (Å²) in [6, 6.07) is 5.61. The van der Waals surface area contributed by atoms with Crippen molar-refractivity contribution in [2.45, 2.75) is 18.9 Å². The lowest BCUT2D eigenvalue weighted by Crippen LogP contribution is -2.38. The fraction of sp³-hybridized carbons (Fsp3) is 0.538. The van der Waals surface area contributed by atoms with Crippen molar-refractivity contribution in [3.63, 3.8) is 0 Å². The minimum absolute atomic E-state index is 0.529. The summed E-state index contributed by atoms with van der Waals surface area (Å²) in [6.07, 6.45) is 0.529. The van der Waals surface area contributed by atoms with Crippen LogP contribution in [0.15, 0.2) is 18.2 Å². The van der Waals surface area contributed by atoms with Crippen LogP contribution in [0.3, 0.4) is 0 Å². The average Bonchev–Trinajstić information content (AvgIpc) is 2.29. The van der Waals surface area contributed by atoms with Gasteiger partial charge >= 0.3 is 0 Å². The first-order valence-corrected chi connectivity index (χ1v) is 5.60. The summed E-state index contributed by atoms with van der Waals surface area (Å²) in [5.74, 6) is 1.49. The van der Waals surface area contributed by atoms with Gasteiger partial charge in [0.2, 0.25) is 0 Å². The number of likely N-dealkylation sites (N-methyl/N-ethyl adjacent to an activating group) is 1. The van der Waals surface area contributed by atoms with E-state index in [2.05, 4.69) is 5.32 Å². The Kier molecular flexibility index (Phi) is 4.78. The summed E-state index contributed by atoms with van der Waals surface area (Å²) in [6.45, 7) is 2.33. The maximum absolute atomic E-state index is 10.2. The zero-order valence-corrected chi connectivity index (χ0v) is 10.9. The summed E-state index contributed by atoms with van der Waals surface area (Å²) < 4.78 is 10.4. The van der Waals surface area contributed by atoms with Gasteiger partial charge in [0.05, 0.1) is 19.8 Å². The molecule has 0 radical (unpaired) electrons. The second-order valence-electron chi connectivity index (χ2n) is 4.38. The van der Waals surface area contributed by atoms with E-state index in [0.717, 1.165) is 17.1 Å². The van der Waals surface area contributed by atoms with Crippen LogP contribution >= 0.6 is 0 Å². The van der Waals surface area contributed by atoms with Crippen molar-refractivity contribution in [3.8, 4) is 11.5 Å². The van der Waals surface area contributed by atoms with Crippen molar-refractivity contribution < 1.29 is 14.6 Å². The minimum atomic E-state index is -0.795. The van der Waals surface area contributed by atoms with E-state index < -0.39 is 5.60 Å². The molecule has 1 rings (SSSR count). The van der Waals surface area contributed by atoms with Gasteiger partial charge in [-0.3, -0.25) is 0 Å². The molecule has 1 aromatic carbocycles. The molecule has 0 aliphatic heterocycles. The summed E-state index contributed by atoms with van der Waals surface area (Å²) >= 11 is 0. The standard InChI is InChI=1S/C13H21NO3/c1-13(15,9-14-2)8-10-5-6-11(16-3)7-12(10)17-4/h5-7,14-15H,8-9H2,1-4H3. The Morgan fingerprint density at radius 3 is 2.53 bits per heavy atom. The minimum Gasteiger partial charge on any atom is -0.497 e. The van der Waals surface area contributed by atoms with Crippen LogP contribution in [0.1, 0.15) is 12.5 Å². The smallest absolute Gasteiger partial charge is 0.125 e. The lowest BCUT2D eigenvalue weighted by atomic mass is 9.96. The van der Waals surface area contributed by atoms with E-state index in [4.69, 9.17) is 9.47 Å². The van der Waals surface area contributed by atoms with E-state index in [-0.39, 0.29) is 0 Å². The molecule has 0 saturated carbocycles. The second kappa shape index (κ2) is 5.89. The molecule has 4 nitrogen and oxygen atoms in total. The first-order valence-electron chi connectivity index (χ1n) is 5.60. The van der Waals surface area contributed by atoms with Crippen molar-refractivity contribution in [3.05, 3.63) is 23.8 Å². The van der Waals surface area contributed by atoms with Gasteiger partial charge in [-0.25, -0.2) is 0 Å². The third kappa shape index (κ3) is 3.91. The largest absolute Gasteiger partial charge is 0.497 e. The SMILES string of the molecule is CNCC(C)(O)Cc1ccc(OC)cc1OC. The molecule has 0 amide bonds. The maximum atomic E-state index is 10.2. The van der Waals surface area contributed by atoms with Crippen molar-refractivity contribution >= 4 is 0 Å². The normalized spacial score (nSPS) is 14.2. The molecular weight excluding hydrogens is 218 g/mol. The van der Waals surface area contributed by atoms with Crippen LogP contribution < -0.4 is 14.8 Å². The van der Waals surface area contributed by atoms with Gasteiger partial charge in [-0.15, -0.1) is 0 Å². The molecule has 1 atom stereocenters. The van der Waals surface area contributed by atoms with E-state index in [1.165, 1.54) is 0 Å². The molecule has 0 heterocycles. The topological polar surface area (TPSA) is 50.7 Å². The summed E-state index contributed by atoms with van der Waals surface area (Å²) in [5.41, 5.74) is 0.171. The third-order valence-electron chi connectivity index (χ3n) is 2.62. The molecule has 0 spiro atoms.